The summed E-state index contributed by atoms with van der Waals surface area (Å²) in [6.07, 6.45) is 0.482. The Kier molecular flexibility index (Phi) is 5.26. The molecule has 5 aromatic rings. The molecule has 0 aliphatic carbocycles. The molecule has 0 amide bonds. The van der Waals surface area contributed by atoms with Crippen LogP contribution in [0.1, 0.15) is 11.3 Å². The van der Waals surface area contributed by atoms with Gasteiger partial charge in [0.2, 0.25) is 0 Å². The van der Waals surface area contributed by atoms with Gasteiger partial charge in [0.05, 0.1) is 23.2 Å². The average Bonchev–Trinajstić information content (AvgIpc) is 3.24. The molecule has 0 spiro atoms. The van der Waals surface area contributed by atoms with Gasteiger partial charge < -0.3 is 9.88 Å². The lowest BCUT2D eigenvalue weighted by Gasteiger charge is -2.10. The molecule has 0 saturated carbocycles. The molecule has 0 aliphatic rings. The zero-order valence-electron chi connectivity index (χ0n) is 17.3. The lowest BCUT2D eigenvalue weighted by Crippen LogP contribution is -2.06. The highest BCUT2D eigenvalue weighted by molar-refractivity contribution is 6.02. The molecule has 1 N–H and O–H groups in total. The molecular formula is C25H18F3N5. The number of nitrogens with one attached hydrogen (secondary N) is 1. The summed E-state index contributed by atoms with van der Waals surface area (Å²) in [6, 6.07) is 20.5. The van der Waals surface area contributed by atoms with E-state index >= 15 is 0 Å². The zero-order valence-corrected chi connectivity index (χ0v) is 17.3. The van der Waals surface area contributed by atoms with Crippen molar-refractivity contribution in [2.24, 2.45) is 0 Å². The van der Waals surface area contributed by atoms with Crippen LogP contribution in [0.25, 0.3) is 27.8 Å². The minimum Gasteiger partial charge on any atom is -0.364 e. The quantitative estimate of drug-likeness (QED) is 0.354. The molecule has 5 rings (SSSR count). The number of fused-ring (bicyclic) bond motifs is 1. The van der Waals surface area contributed by atoms with Crippen LogP contribution in [0.5, 0.6) is 0 Å². The van der Waals surface area contributed by atoms with Crippen molar-refractivity contribution in [3.05, 3.63) is 103 Å². The van der Waals surface area contributed by atoms with E-state index < -0.39 is 11.7 Å². The summed E-state index contributed by atoms with van der Waals surface area (Å²) in [5, 5.41) is 4.03. The molecule has 0 fully saturated rings. The van der Waals surface area contributed by atoms with Crippen molar-refractivity contribution in [2.45, 2.75) is 12.7 Å². The van der Waals surface area contributed by atoms with E-state index in [0.717, 1.165) is 34.3 Å². The highest BCUT2D eigenvalue weighted by Crippen LogP contribution is 2.36. The fourth-order valence-electron chi connectivity index (χ4n) is 3.74. The first-order valence-electron chi connectivity index (χ1n) is 10.2. The van der Waals surface area contributed by atoms with Crippen molar-refractivity contribution in [3.63, 3.8) is 0 Å². The summed E-state index contributed by atoms with van der Waals surface area (Å²) >= 11 is 0. The Morgan fingerprint density at radius 2 is 1.67 bits per heavy atom. The summed E-state index contributed by atoms with van der Waals surface area (Å²) in [7, 11) is 0. The molecule has 33 heavy (non-hydrogen) atoms. The zero-order chi connectivity index (χ0) is 22.8. The van der Waals surface area contributed by atoms with E-state index in [1.165, 1.54) is 12.4 Å². The van der Waals surface area contributed by atoms with Gasteiger partial charge in [0.1, 0.15) is 12.1 Å². The van der Waals surface area contributed by atoms with Crippen LogP contribution < -0.4 is 5.32 Å². The Bertz CT molecular complexity index is 1400. The highest BCUT2D eigenvalue weighted by Gasteiger charge is 2.30. The Morgan fingerprint density at radius 3 is 2.42 bits per heavy atom. The lowest BCUT2D eigenvalue weighted by molar-refractivity contribution is -0.137. The highest BCUT2D eigenvalue weighted by atomic mass is 19.4. The summed E-state index contributed by atoms with van der Waals surface area (Å²) in [5.74, 6) is 0.579. The molecular weight excluding hydrogens is 427 g/mol. The number of nitrogens with zero attached hydrogens (tertiary/aromatic N) is 4. The van der Waals surface area contributed by atoms with E-state index in [2.05, 4.69) is 20.3 Å². The molecule has 0 bridgehead atoms. The Balaban J connectivity index is 1.67. The van der Waals surface area contributed by atoms with Gasteiger partial charge in [0, 0.05) is 23.6 Å². The van der Waals surface area contributed by atoms with Crippen LogP contribution in [0.3, 0.4) is 0 Å². The van der Waals surface area contributed by atoms with Gasteiger partial charge in [0.25, 0.3) is 0 Å². The van der Waals surface area contributed by atoms with Crippen molar-refractivity contribution in [1.82, 2.24) is 19.5 Å². The van der Waals surface area contributed by atoms with Gasteiger partial charge in [-0.15, -0.1) is 0 Å². The molecule has 3 aromatic heterocycles. The normalized spacial score (nSPS) is 11.6. The molecule has 0 saturated heterocycles. The van der Waals surface area contributed by atoms with Crippen LogP contribution >= 0.6 is 0 Å². The smallest absolute Gasteiger partial charge is 0.364 e. The summed E-state index contributed by atoms with van der Waals surface area (Å²) < 4.78 is 41.7. The van der Waals surface area contributed by atoms with E-state index in [1.807, 2.05) is 48.5 Å². The van der Waals surface area contributed by atoms with Crippen molar-refractivity contribution in [3.8, 4) is 16.8 Å². The molecule has 5 nitrogen and oxygen atoms in total. The standard InChI is InChI=1S/C25H18F3N5/c26-25(27,28)18-9-6-11-20(13-18)33-15-21(17-7-2-1-3-8-17)22-23(31-16-32-24(22)33)30-14-19-10-4-5-12-29-19/h1-13,15-16H,14H2,(H,30,31,32). The van der Waals surface area contributed by atoms with Crippen LogP contribution in [-0.4, -0.2) is 19.5 Å². The van der Waals surface area contributed by atoms with Gasteiger partial charge in [0.15, 0.2) is 5.65 Å². The Labute approximate surface area is 187 Å². The van der Waals surface area contributed by atoms with E-state index in [-0.39, 0.29) is 0 Å². The number of hydrogen-bond donors (Lipinski definition) is 1. The van der Waals surface area contributed by atoms with E-state index in [4.69, 9.17) is 0 Å². The van der Waals surface area contributed by atoms with Gasteiger partial charge in [-0.25, -0.2) is 9.97 Å². The van der Waals surface area contributed by atoms with Crippen molar-refractivity contribution in [2.75, 3.05) is 5.32 Å². The monoisotopic (exact) mass is 445 g/mol. The second kappa shape index (κ2) is 8.38. The molecule has 0 aliphatic heterocycles. The molecule has 164 valence electrons. The van der Waals surface area contributed by atoms with Crippen LogP contribution in [0.4, 0.5) is 19.0 Å². The third-order valence-corrected chi connectivity index (χ3v) is 5.28. The van der Waals surface area contributed by atoms with Gasteiger partial charge in [-0.1, -0.05) is 42.5 Å². The van der Waals surface area contributed by atoms with Crippen LogP contribution in [0.2, 0.25) is 0 Å². The minimum absolute atomic E-state index is 0.367. The summed E-state index contributed by atoms with van der Waals surface area (Å²) in [4.78, 5) is 13.2. The number of halogens is 3. The Hall–Kier alpha value is -4.20. The number of rotatable bonds is 5. The number of anilines is 1. The van der Waals surface area contributed by atoms with Crippen molar-refractivity contribution >= 4 is 16.9 Å². The maximum atomic E-state index is 13.3. The van der Waals surface area contributed by atoms with E-state index in [9.17, 15) is 13.2 Å². The summed E-state index contributed by atoms with van der Waals surface area (Å²) in [5.41, 5.74) is 2.71. The topological polar surface area (TPSA) is 55.6 Å². The number of alkyl halides is 3. The number of aromatic nitrogens is 4. The van der Waals surface area contributed by atoms with Crippen LogP contribution in [0, 0.1) is 0 Å². The third-order valence-electron chi connectivity index (χ3n) is 5.28. The number of benzene rings is 2. The molecule has 2 aromatic carbocycles. The Morgan fingerprint density at radius 1 is 0.848 bits per heavy atom. The second-order valence-corrected chi connectivity index (χ2v) is 7.42. The van der Waals surface area contributed by atoms with Gasteiger partial charge in [-0.05, 0) is 35.9 Å². The fourth-order valence-corrected chi connectivity index (χ4v) is 3.74. The summed E-state index contributed by atoms with van der Waals surface area (Å²) in [6.45, 7) is 0.440. The van der Waals surface area contributed by atoms with Crippen LogP contribution in [0.15, 0.2) is 91.5 Å². The number of pyridine rings is 1. The van der Waals surface area contributed by atoms with E-state index in [0.29, 0.717) is 23.7 Å². The average molecular weight is 445 g/mol. The maximum absolute atomic E-state index is 13.3. The second-order valence-electron chi connectivity index (χ2n) is 7.42. The van der Waals surface area contributed by atoms with Crippen LogP contribution in [-0.2, 0) is 12.7 Å². The predicted octanol–water partition coefficient (Wildman–Crippen LogP) is 6.11. The number of hydrogen-bond acceptors (Lipinski definition) is 4. The first kappa shape index (κ1) is 20.7. The molecule has 0 unspecified atom stereocenters. The predicted molar refractivity (Wildman–Crippen MR) is 121 cm³/mol. The van der Waals surface area contributed by atoms with Gasteiger partial charge >= 0.3 is 6.18 Å². The van der Waals surface area contributed by atoms with Gasteiger partial charge in [-0.2, -0.15) is 13.2 Å². The first-order valence-corrected chi connectivity index (χ1v) is 10.2. The van der Waals surface area contributed by atoms with Crippen molar-refractivity contribution in [1.29, 1.82) is 0 Å². The molecule has 8 heteroatoms. The van der Waals surface area contributed by atoms with Crippen molar-refractivity contribution < 1.29 is 13.2 Å². The maximum Gasteiger partial charge on any atom is 0.416 e. The minimum atomic E-state index is -4.44. The first-order chi connectivity index (χ1) is 16.0. The lowest BCUT2D eigenvalue weighted by atomic mass is 10.1. The molecule has 0 atom stereocenters. The SMILES string of the molecule is FC(F)(F)c1cccc(-n2cc(-c3ccccc3)c3c(NCc4ccccn4)ncnc32)c1. The van der Waals surface area contributed by atoms with Gasteiger partial charge in [-0.3, -0.25) is 4.98 Å². The third kappa shape index (κ3) is 4.15. The fraction of sp³-hybridized carbons (Fsp3) is 0.0800. The largest absolute Gasteiger partial charge is 0.416 e. The molecule has 3 heterocycles. The molecule has 0 radical (unpaired) electrons. The van der Waals surface area contributed by atoms with E-state index in [1.54, 1.807) is 23.0 Å².